The summed E-state index contributed by atoms with van der Waals surface area (Å²) in [4.78, 5) is 19.2. The lowest BCUT2D eigenvalue weighted by atomic mass is 10.0. The van der Waals surface area contributed by atoms with Crippen LogP contribution < -0.4 is 10.1 Å². The molecule has 8 heteroatoms. The number of nitrogens with zero attached hydrogens (tertiary/aromatic N) is 2. The molecule has 6 nitrogen and oxygen atoms in total. The molecule has 0 radical (unpaired) electrons. The minimum Gasteiger partial charge on any atom is -0.487 e. The molecular formula is C26H28FN3O3S. The van der Waals surface area contributed by atoms with E-state index in [1.54, 1.807) is 23.5 Å². The van der Waals surface area contributed by atoms with Crippen LogP contribution in [0.1, 0.15) is 27.9 Å². The summed E-state index contributed by atoms with van der Waals surface area (Å²) in [5.41, 5.74) is 2.60. The topological polar surface area (TPSA) is 63.7 Å². The van der Waals surface area contributed by atoms with Crippen LogP contribution in [0.15, 0.2) is 60.0 Å². The number of carbonyl (C=O) groups excluding carboxylic acids is 1. The zero-order valence-electron chi connectivity index (χ0n) is 19.1. The summed E-state index contributed by atoms with van der Waals surface area (Å²) in [6, 6.07) is 14.0. The number of halogens is 1. The molecule has 3 aromatic rings. The number of benzene rings is 2. The Morgan fingerprint density at radius 3 is 2.85 bits per heavy atom. The van der Waals surface area contributed by atoms with E-state index in [0.29, 0.717) is 32.1 Å². The van der Waals surface area contributed by atoms with E-state index in [0.717, 1.165) is 34.9 Å². The maximum atomic E-state index is 13.8. The van der Waals surface area contributed by atoms with Gasteiger partial charge in [0.05, 0.1) is 30.0 Å². The van der Waals surface area contributed by atoms with Crippen molar-refractivity contribution in [3.63, 3.8) is 0 Å². The third-order valence-electron chi connectivity index (χ3n) is 5.53. The van der Waals surface area contributed by atoms with Gasteiger partial charge in [0.1, 0.15) is 18.2 Å². The van der Waals surface area contributed by atoms with E-state index < -0.39 is 0 Å². The van der Waals surface area contributed by atoms with E-state index in [1.165, 1.54) is 18.2 Å². The molecule has 1 aliphatic rings. The van der Waals surface area contributed by atoms with Gasteiger partial charge in [0.25, 0.3) is 0 Å². The molecule has 1 fully saturated rings. The largest absolute Gasteiger partial charge is 0.487 e. The lowest BCUT2D eigenvalue weighted by molar-refractivity contribution is -0.116. The van der Waals surface area contributed by atoms with Crippen molar-refractivity contribution in [2.75, 3.05) is 32.8 Å². The highest BCUT2D eigenvalue weighted by atomic mass is 32.1. The van der Waals surface area contributed by atoms with Crippen LogP contribution in [0, 0.1) is 12.7 Å². The second-order valence-corrected chi connectivity index (χ2v) is 9.08. The van der Waals surface area contributed by atoms with Crippen LogP contribution in [-0.4, -0.2) is 48.6 Å². The molecule has 1 N–H and O–H groups in total. The predicted octanol–water partition coefficient (Wildman–Crippen LogP) is 4.37. The summed E-state index contributed by atoms with van der Waals surface area (Å²) in [6.07, 6.45) is 3.26. The fraction of sp³-hybridized carbons (Fsp3) is 0.308. The smallest absolute Gasteiger partial charge is 0.244 e. The highest BCUT2D eigenvalue weighted by Crippen LogP contribution is 2.22. The molecule has 1 unspecified atom stereocenters. The van der Waals surface area contributed by atoms with Crippen LogP contribution in [0.3, 0.4) is 0 Å². The highest BCUT2D eigenvalue weighted by molar-refractivity contribution is 7.09. The Labute approximate surface area is 203 Å². The molecule has 0 spiro atoms. The van der Waals surface area contributed by atoms with Crippen molar-refractivity contribution < 1.29 is 18.7 Å². The first-order chi connectivity index (χ1) is 16.6. The molecule has 1 saturated heterocycles. The van der Waals surface area contributed by atoms with E-state index in [9.17, 15) is 9.18 Å². The molecule has 0 saturated carbocycles. The number of hydrogen-bond donors (Lipinski definition) is 1. The molecule has 1 aliphatic heterocycles. The summed E-state index contributed by atoms with van der Waals surface area (Å²) < 4.78 is 25.1. The lowest BCUT2D eigenvalue weighted by Crippen LogP contribution is -2.43. The number of ether oxygens (including phenoxy) is 2. The van der Waals surface area contributed by atoms with Crippen molar-refractivity contribution in [2.24, 2.45) is 0 Å². The zero-order chi connectivity index (χ0) is 23.8. The number of amides is 1. The van der Waals surface area contributed by atoms with Gasteiger partial charge in [0.15, 0.2) is 0 Å². The van der Waals surface area contributed by atoms with Gasteiger partial charge in [-0.1, -0.05) is 24.3 Å². The average Bonchev–Trinajstić information content (AvgIpc) is 3.28. The maximum absolute atomic E-state index is 13.8. The lowest BCUT2D eigenvalue weighted by Gasteiger charge is -2.34. The van der Waals surface area contributed by atoms with Gasteiger partial charge in [-0.2, -0.15) is 0 Å². The van der Waals surface area contributed by atoms with Gasteiger partial charge in [0.2, 0.25) is 5.91 Å². The monoisotopic (exact) mass is 481 g/mol. The molecule has 1 aromatic heterocycles. The fourth-order valence-corrected chi connectivity index (χ4v) is 4.43. The number of nitrogens with one attached hydrogen (secondary N) is 1. The summed E-state index contributed by atoms with van der Waals surface area (Å²) >= 11 is 1.59. The standard InChI is InChI=1S/C26H28FN3O3S/c1-19-29-23(18-34-19)17-33-24-7-2-4-20(14-24)8-9-26(31)28-16-25(30-10-12-32-13-11-30)21-5-3-6-22(27)15-21/h2-9,14-15,18,25H,10-13,16-17H2,1H3,(H,28,31)/b9-8+. The number of rotatable bonds is 9. The Morgan fingerprint density at radius 2 is 2.09 bits per heavy atom. The van der Waals surface area contributed by atoms with E-state index in [4.69, 9.17) is 9.47 Å². The molecule has 1 amide bonds. The van der Waals surface area contributed by atoms with Crippen LogP contribution >= 0.6 is 11.3 Å². The van der Waals surface area contributed by atoms with Crippen molar-refractivity contribution in [3.05, 3.63) is 87.6 Å². The van der Waals surface area contributed by atoms with Crippen LogP contribution in [0.2, 0.25) is 0 Å². The molecule has 34 heavy (non-hydrogen) atoms. The van der Waals surface area contributed by atoms with Crippen LogP contribution in [0.25, 0.3) is 6.08 Å². The van der Waals surface area contributed by atoms with Gasteiger partial charge in [-0.05, 0) is 48.4 Å². The van der Waals surface area contributed by atoms with E-state index >= 15 is 0 Å². The SMILES string of the molecule is Cc1nc(COc2cccc(/C=C/C(=O)NCC(c3cccc(F)c3)N3CCOCC3)c2)cs1. The van der Waals surface area contributed by atoms with Gasteiger partial charge < -0.3 is 14.8 Å². The summed E-state index contributed by atoms with van der Waals surface area (Å²) in [5.74, 6) is 0.222. The van der Waals surface area contributed by atoms with Crippen molar-refractivity contribution in [1.82, 2.24) is 15.2 Å². The van der Waals surface area contributed by atoms with Crippen molar-refractivity contribution in [2.45, 2.75) is 19.6 Å². The Balaban J connectivity index is 1.34. The van der Waals surface area contributed by atoms with Gasteiger partial charge in [-0.15, -0.1) is 11.3 Å². The Morgan fingerprint density at radius 1 is 1.26 bits per heavy atom. The van der Waals surface area contributed by atoms with Crippen LogP contribution in [0.4, 0.5) is 4.39 Å². The summed E-state index contributed by atoms with van der Waals surface area (Å²) in [6.45, 7) is 5.47. The van der Waals surface area contributed by atoms with Crippen LogP contribution in [-0.2, 0) is 16.1 Å². The van der Waals surface area contributed by atoms with Crippen molar-refractivity contribution >= 4 is 23.3 Å². The minimum absolute atomic E-state index is 0.122. The van der Waals surface area contributed by atoms with Crippen LogP contribution in [0.5, 0.6) is 5.75 Å². The van der Waals surface area contributed by atoms with Gasteiger partial charge >= 0.3 is 0 Å². The number of aryl methyl sites for hydroxylation is 1. The predicted molar refractivity (Wildman–Crippen MR) is 131 cm³/mol. The first kappa shape index (κ1) is 24.1. The zero-order valence-corrected chi connectivity index (χ0v) is 19.9. The molecule has 2 aromatic carbocycles. The number of carbonyl (C=O) groups is 1. The maximum Gasteiger partial charge on any atom is 0.244 e. The van der Waals surface area contributed by atoms with Crippen molar-refractivity contribution in [3.8, 4) is 5.75 Å². The number of aromatic nitrogens is 1. The van der Waals surface area contributed by atoms with E-state index in [-0.39, 0.29) is 17.8 Å². The Hall–Kier alpha value is -3.07. The average molecular weight is 482 g/mol. The van der Waals surface area contributed by atoms with E-state index in [2.05, 4.69) is 15.2 Å². The van der Waals surface area contributed by atoms with Crippen molar-refractivity contribution in [1.29, 1.82) is 0 Å². The molecule has 0 aliphatic carbocycles. The first-order valence-corrected chi connectivity index (χ1v) is 12.1. The third-order valence-corrected chi connectivity index (χ3v) is 6.35. The normalized spacial score (nSPS) is 15.4. The first-order valence-electron chi connectivity index (χ1n) is 11.2. The fourth-order valence-electron chi connectivity index (χ4n) is 3.83. The van der Waals surface area contributed by atoms with Gasteiger partial charge in [-0.25, -0.2) is 9.37 Å². The minimum atomic E-state index is -0.283. The summed E-state index contributed by atoms with van der Waals surface area (Å²) in [5, 5.41) is 5.96. The Bertz CT molecular complexity index is 1130. The van der Waals surface area contributed by atoms with Gasteiger partial charge in [0, 0.05) is 31.1 Å². The molecule has 2 heterocycles. The second kappa shape index (κ2) is 11.9. The molecule has 0 bridgehead atoms. The Kier molecular flexibility index (Phi) is 8.41. The molecule has 1 atom stereocenters. The molecular weight excluding hydrogens is 453 g/mol. The second-order valence-electron chi connectivity index (χ2n) is 8.02. The number of thiazole rings is 1. The summed E-state index contributed by atoms with van der Waals surface area (Å²) in [7, 11) is 0. The molecule has 4 rings (SSSR count). The number of morpholine rings is 1. The quantitative estimate of drug-likeness (QED) is 0.460. The highest BCUT2D eigenvalue weighted by Gasteiger charge is 2.23. The molecule has 178 valence electrons. The van der Waals surface area contributed by atoms with E-state index in [1.807, 2.05) is 42.6 Å². The van der Waals surface area contributed by atoms with Gasteiger partial charge in [-0.3, -0.25) is 9.69 Å². The number of hydrogen-bond acceptors (Lipinski definition) is 6. The third kappa shape index (κ3) is 6.96.